The molecule has 0 saturated carbocycles. The second-order valence-electron chi connectivity index (χ2n) is 6.62. The van der Waals surface area contributed by atoms with Gasteiger partial charge in [0.05, 0.1) is 0 Å². The maximum atomic E-state index is 5.70. The Hall–Kier alpha value is -1.00. The van der Waals surface area contributed by atoms with Gasteiger partial charge in [-0.05, 0) is 52.6 Å². The van der Waals surface area contributed by atoms with E-state index in [1.165, 1.54) is 44.3 Å². The van der Waals surface area contributed by atoms with Crippen LogP contribution >= 0.6 is 0 Å². The lowest BCUT2D eigenvalue weighted by Gasteiger charge is -2.35. The summed E-state index contributed by atoms with van der Waals surface area (Å²) < 4.78 is 0. The van der Waals surface area contributed by atoms with Gasteiger partial charge in [-0.3, -0.25) is 4.90 Å². The molecule has 0 rings (SSSR count). The summed E-state index contributed by atoms with van der Waals surface area (Å²) in [5.41, 5.74) is 2.99. The Morgan fingerprint density at radius 2 is 1.70 bits per heavy atom. The predicted molar refractivity (Wildman–Crippen MR) is 106 cm³/mol. The van der Waals surface area contributed by atoms with Crippen molar-refractivity contribution < 1.29 is 0 Å². The molecule has 2 atom stereocenters. The fourth-order valence-electron chi connectivity index (χ4n) is 3.19. The van der Waals surface area contributed by atoms with Gasteiger partial charge >= 0.3 is 0 Å². The van der Waals surface area contributed by atoms with Crippen LogP contribution in [-0.2, 0) is 0 Å². The Bertz CT molecular complexity index is 389. The number of unbranched alkanes of at least 4 members (excludes halogenated alkanes) is 2. The van der Waals surface area contributed by atoms with Gasteiger partial charge in [0.15, 0.2) is 0 Å². The lowest BCUT2D eigenvalue weighted by atomic mass is 9.89. The third kappa shape index (κ3) is 8.42. The normalized spacial score (nSPS) is 15.6. The first-order chi connectivity index (χ1) is 11.0. The van der Waals surface area contributed by atoms with Crippen LogP contribution in [0.5, 0.6) is 0 Å². The van der Waals surface area contributed by atoms with Gasteiger partial charge in [0.2, 0.25) is 0 Å². The fraction of sp³-hybridized carbons (Fsp3) is 0.727. The van der Waals surface area contributed by atoms with Crippen molar-refractivity contribution in [2.75, 3.05) is 13.1 Å². The zero-order valence-corrected chi connectivity index (χ0v) is 16.5. The van der Waals surface area contributed by atoms with E-state index in [2.05, 4.69) is 64.5 Å². The lowest BCUT2D eigenvalue weighted by Crippen LogP contribution is -2.39. The topological polar surface area (TPSA) is 3.24 Å². The highest BCUT2D eigenvalue weighted by Gasteiger charge is 2.23. The molecule has 0 fully saturated rings. The van der Waals surface area contributed by atoms with E-state index in [-0.39, 0.29) is 0 Å². The molecule has 0 saturated heterocycles. The molecule has 0 spiro atoms. The standard InChI is InChI=1S/C22H39N/c1-8-13-16-23(17-14-9-2)22(18-19(6)11-4)21(12-5)20(7)15-10-3/h4,10,15,19,22H,8-9,12-14,16-18H2,1-3,5-7H3/b15-10-,21-20+. The molecular formula is C22H39N. The summed E-state index contributed by atoms with van der Waals surface area (Å²) in [5, 5.41) is 0. The molecule has 1 nitrogen and oxygen atoms in total. The van der Waals surface area contributed by atoms with Gasteiger partial charge in [0.1, 0.15) is 0 Å². The van der Waals surface area contributed by atoms with Gasteiger partial charge in [-0.25, -0.2) is 0 Å². The van der Waals surface area contributed by atoms with E-state index in [1.54, 1.807) is 5.57 Å². The van der Waals surface area contributed by atoms with E-state index in [4.69, 9.17) is 6.42 Å². The molecule has 2 unspecified atom stereocenters. The van der Waals surface area contributed by atoms with Crippen LogP contribution in [0.15, 0.2) is 23.3 Å². The Morgan fingerprint density at radius 1 is 1.13 bits per heavy atom. The minimum atomic E-state index is 0.325. The number of terminal acetylenes is 1. The number of hydrogen-bond acceptors (Lipinski definition) is 1. The smallest absolute Gasteiger partial charge is 0.0324 e. The first-order valence-electron chi connectivity index (χ1n) is 9.57. The van der Waals surface area contributed by atoms with Crippen molar-refractivity contribution in [3.8, 4) is 12.3 Å². The van der Waals surface area contributed by atoms with Crippen LogP contribution in [-0.4, -0.2) is 24.0 Å². The number of hydrogen-bond donors (Lipinski definition) is 0. The van der Waals surface area contributed by atoms with E-state index >= 15 is 0 Å². The van der Waals surface area contributed by atoms with Crippen molar-refractivity contribution in [3.05, 3.63) is 23.3 Å². The molecule has 132 valence electrons. The van der Waals surface area contributed by atoms with Crippen molar-refractivity contribution >= 4 is 0 Å². The minimum Gasteiger partial charge on any atom is -0.297 e. The summed E-state index contributed by atoms with van der Waals surface area (Å²) in [5.74, 6) is 3.27. The summed E-state index contributed by atoms with van der Waals surface area (Å²) in [4.78, 5) is 2.70. The fourth-order valence-corrected chi connectivity index (χ4v) is 3.19. The second-order valence-corrected chi connectivity index (χ2v) is 6.62. The highest BCUT2D eigenvalue weighted by Crippen LogP contribution is 2.26. The summed E-state index contributed by atoms with van der Waals surface area (Å²) in [6.45, 7) is 15.7. The molecule has 23 heavy (non-hydrogen) atoms. The minimum absolute atomic E-state index is 0.325. The number of allylic oxidation sites excluding steroid dienone is 3. The third-order valence-electron chi connectivity index (χ3n) is 4.61. The summed E-state index contributed by atoms with van der Waals surface area (Å²) in [7, 11) is 0. The molecule has 0 aliphatic heterocycles. The maximum absolute atomic E-state index is 5.70. The van der Waals surface area contributed by atoms with Gasteiger partial charge in [0, 0.05) is 12.0 Å². The van der Waals surface area contributed by atoms with Crippen LogP contribution in [0.2, 0.25) is 0 Å². The lowest BCUT2D eigenvalue weighted by molar-refractivity contribution is 0.194. The molecule has 0 aromatic carbocycles. The van der Waals surface area contributed by atoms with Crippen LogP contribution < -0.4 is 0 Å². The molecule has 0 aliphatic carbocycles. The summed E-state index contributed by atoms with van der Waals surface area (Å²) >= 11 is 0. The van der Waals surface area contributed by atoms with E-state index in [0.717, 1.165) is 12.8 Å². The third-order valence-corrected chi connectivity index (χ3v) is 4.61. The molecule has 0 heterocycles. The number of rotatable bonds is 12. The van der Waals surface area contributed by atoms with Gasteiger partial charge in [-0.1, -0.05) is 63.8 Å². The van der Waals surface area contributed by atoms with Crippen LogP contribution in [0, 0.1) is 18.3 Å². The number of nitrogens with zero attached hydrogens (tertiary/aromatic N) is 1. The highest BCUT2D eigenvalue weighted by atomic mass is 15.2. The molecule has 0 N–H and O–H groups in total. The molecule has 1 heteroatoms. The monoisotopic (exact) mass is 317 g/mol. The Labute approximate surface area is 146 Å². The van der Waals surface area contributed by atoms with Crippen LogP contribution in [0.1, 0.15) is 80.1 Å². The highest BCUT2D eigenvalue weighted by molar-refractivity contribution is 5.28. The second kappa shape index (κ2) is 13.4. The van der Waals surface area contributed by atoms with Gasteiger partial charge < -0.3 is 0 Å². The van der Waals surface area contributed by atoms with Crippen LogP contribution in [0.3, 0.4) is 0 Å². The van der Waals surface area contributed by atoms with E-state index < -0.39 is 0 Å². The Kier molecular flexibility index (Phi) is 12.9. The van der Waals surface area contributed by atoms with Crippen molar-refractivity contribution in [3.63, 3.8) is 0 Å². The quantitative estimate of drug-likeness (QED) is 0.305. The molecular weight excluding hydrogens is 278 g/mol. The summed E-state index contributed by atoms with van der Waals surface area (Å²) in [6.07, 6.45) is 17.3. The largest absolute Gasteiger partial charge is 0.297 e. The maximum Gasteiger partial charge on any atom is 0.0324 e. The Balaban J connectivity index is 5.57. The van der Waals surface area contributed by atoms with Crippen molar-refractivity contribution in [1.29, 1.82) is 0 Å². The first-order valence-corrected chi connectivity index (χ1v) is 9.57. The average Bonchev–Trinajstić information content (AvgIpc) is 2.55. The molecule has 0 aromatic heterocycles. The van der Waals surface area contributed by atoms with Gasteiger partial charge in [-0.2, -0.15) is 0 Å². The average molecular weight is 318 g/mol. The molecule has 0 bridgehead atoms. The molecule has 0 aromatic rings. The molecule has 0 aliphatic rings. The van der Waals surface area contributed by atoms with E-state index in [9.17, 15) is 0 Å². The summed E-state index contributed by atoms with van der Waals surface area (Å²) in [6, 6.07) is 0.486. The van der Waals surface area contributed by atoms with Crippen molar-refractivity contribution in [2.24, 2.45) is 5.92 Å². The van der Waals surface area contributed by atoms with Crippen LogP contribution in [0.4, 0.5) is 0 Å². The van der Waals surface area contributed by atoms with Gasteiger partial charge in [-0.15, -0.1) is 12.3 Å². The first kappa shape index (κ1) is 22.0. The molecule has 0 radical (unpaired) electrons. The van der Waals surface area contributed by atoms with Crippen LogP contribution in [0.25, 0.3) is 0 Å². The zero-order valence-electron chi connectivity index (χ0n) is 16.5. The van der Waals surface area contributed by atoms with Gasteiger partial charge in [0.25, 0.3) is 0 Å². The van der Waals surface area contributed by atoms with E-state index in [0.29, 0.717) is 12.0 Å². The SMILES string of the molecule is C#CC(C)CC(/C(CC)=C(C)/C=C\C)N(CCCC)CCCC. The Morgan fingerprint density at radius 3 is 2.09 bits per heavy atom. The zero-order chi connectivity index (χ0) is 17.7. The molecule has 0 amide bonds. The van der Waals surface area contributed by atoms with Crippen molar-refractivity contribution in [2.45, 2.75) is 86.1 Å². The van der Waals surface area contributed by atoms with E-state index in [1.807, 2.05) is 0 Å². The van der Waals surface area contributed by atoms with Crippen molar-refractivity contribution in [1.82, 2.24) is 4.90 Å². The predicted octanol–water partition coefficient (Wildman–Crippen LogP) is 6.22.